The van der Waals surface area contributed by atoms with Crippen LogP contribution in [0.25, 0.3) is 10.9 Å². The number of hydrogen-bond donors (Lipinski definition) is 1. The summed E-state index contributed by atoms with van der Waals surface area (Å²) in [5.41, 5.74) is 0.830. The van der Waals surface area contributed by atoms with Crippen molar-refractivity contribution in [2.45, 2.75) is 44.6 Å². The van der Waals surface area contributed by atoms with Gasteiger partial charge >= 0.3 is 0 Å². The molecule has 2 aliphatic carbocycles. The minimum Gasteiger partial charge on any atom is -0.349 e. The van der Waals surface area contributed by atoms with E-state index in [9.17, 15) is 9.18 Å². The minimum atomic E-state index is -0.352. The summed E-state index contributed by atoms with van der Waals surface area (Å²) >= 11 is 0. The zero-order chi connectivity index (χ0) is 15.8. The van der Waals surface area contributed by atoms with Gasteiger partial charge in [-0.2, -0.15) is 0 Å². The Bertz CT molecular complexity index is 723. The molecule has 2 fully saturated rings. The van der Waals surface area contributed by atoms with Crippen molar-refractivity contribution in [1.29, 1.82) is 0 Å². The fourth-order valence-electron chi connectivity index (χ4n) is 3.24. The molecule has 1 aromatic heterocycles. The molecule has 0 bridgehead atoms. The highest BCUT2D eigenvalue weighted by Crippen LogP contribution is 2.39. The highest BCUT2D eigenvalue weighted by Gasteiger charge is 2.31. The van der Waals surface area contributed by atoms with Crippen molar-refractivity contribution in [2.24, 2.45) is 11.8 Å². The number of fused-ring (bicyclic) bond motifs is 1. The van der Waals surface area contributed by atoms with E-state index >= 15 is 0 Å². The Morgan fingerprint density at radius 1 is 1.22 bits per heavy atom. The number of halogens is 1. The van der Waals surface area contributed by atoms with E-state index in [1.54, 1.807) is 18.2 Å². The number of carbonyl (C=O) groups excluding carboxylic acids is 1. The van der Waals surface area contributed by atoms with Crippen LogP contribution < -0.4 is 5.32 Å². The Kier molecular flexibility index (Phi) is 3.76. The molecule has 0 unspecified atom stereocenters. The first-order valence-corrected chi connectivity index (χ1v) is 8.54. The van der Waals surface area contributed by atoms with Gasteiger partial charge in [0.25, 0.3) is 5.91 Å². The van der Waals surface area contributed by atoms with E-state index in [0.29, 0.717) is 16.5 Å². The molecule has 4 rings (SSSR count). The Hall–Kier alpha value is -1.97. The molecule has 2 saturated carbocycles. The van der Waals surface area contributed by atoms with E-state index in [4.69, 9.17) is 0 Å². The number of nitrogens with zero attached hydrogens (tertiary/aromatic N) is 1. The van der Waals surface area contributed by atoms with Crippen LogP contribution in [0.5, 0.6) is 0 Å². The standard InChI is InChI=1S/C19H21FN2O/c20-17-3-1-2-14-10-15(11-21-18(14)17)19(23)22-16(8-12-4-5-12)9-13-6-7-13/h1-3,10-13,16H,4-9H2,(H,22,23). The van der Waals surface area contributed by atoms with Gasteiger partial charge < -0.3 is 5.32 Å². The van der Waals surface area contributed by atoms with Gasteiger partial charge in [0.05, 0.1) is 5.56 Å². The summed E-state index contributed by atoms with van der Waals surface area (Å²) in [6.07, 6.45) is 8.87. The van der Waals surface area contributed by atoms with E-state index in [-0.39, 0.29) is 17.8 Å². The summed E-state index contributed by atoms with van der Waals surface area (Å²) in [4.78, 5) is 16.7. The molecular weight excluding hydrogens is 291 g/mol. The first-order valence-electron chi connectivity index (χ1n) is 8.54. The Balaban J connectivity index is 1.50. The van der Waals surface area contributed by atoms with Crippen LogP contribution in [0.2, 0.25) is 0 Å². The maximum Gasteiger partial charge on any atom is 0.253 e. The van der Waals surface area contributed by atoms with Gasteiger partial charge in [0, 0.05) is 17.6 Å². The summed E-state index contributed by atoms with van der Waals surface area (Å²) in [7, 11) is 0. The van der Waals surface area contributed by atoms with Crippen molar-refractivity contribution in [1.82, 2.24) is 10.3 Å². The molecule has 0 saturated heterocycles. The summed E-state index contributed by atoms with van der Waals surface area (Å²) in [6.45, 7) is 0. The monoisotopic (exact) mass is 312 g/mol. The van der Waals surface area contributed by atoms with Crippen LogP contribution in [0.15, 0.2) is 30.5 Å². The number of pyridine rings is 1. The van der Waals surface area contributed by atoms with Crippen LogP contribution >= 0.6 is 0 Å². The average molecular weight is 312 g/mol. The van der Waals surface area contributed by atoms with Gasteiger partial charge in [0.15, 0.2) is 0 Å². The molecule has 0 radical (unpaired) electrons. The third-order valence-corrected chi connectivity index (χ3v) is 4.89. The molecule has 3 nitrogen and oxygen atoms in total. The van der Waals surface area contributed by atoms with Gasteiger partial charge in [0.2, 0.25) is 0 Å². The van der Waals surface area contributed by atoms with Crippen molar-refractivity contribution in [2.75, 3.05) is 0 Å². The van der Waals surface area contributed by atoms with E-state index in [1.807, 2.05) is 0 Å². The minimum absolute atomic E-state index is 0.0880. The lowest BCUT2D eigenvalue weighted by Gasteiger charge is -2.18. The second kappa shape index (κ2) is 5.91. The third kappa shape index (κ3) is 3.52. The lowest BCUT2D eigenvalue weighted by molar-refractivity contribution is 0.0930. The van der Waals surface area contributed by atoms with Crippen molar-refractivity contribution in [3.8, 4) is 0 Å². The van der Waals surface area contributed by atoms with E-state index in [0.717, 1.165) is 24.7 Å². The zero-order valence-electron chi connectivity index (χ0n) is 13.1. The van der Waals surface area contributed by atoms with E-state index in [1.165, 1.54) is 37.9 Å². The van der Waals surface area contributed by atoms with Gasteiger partial charge in [-0.05, 0) is 36.8 Å². The summed E-state index contributed by atoms with van der Waals surface area (Å²) in [5, 5.41) is 3.85. The van der Waals surface area contributed by atoms with Crippen molar-refractivity contribution in [3.63, 3.8) is 0 Å². The second-order valence-corrected chi connectivity index (χ2v) is 7.06. The number of para-hydroxylation sites is 1. The van der Waals surface area contributed by atoms with Crippen molar-refractivity contribution < 1.29 is 9.18 Å². The average Bonchev–Trinajstić information content (AvgIpc) is 3.44. The molecule has 1 amide bonds. The number of aromatic nitrogens is 1. The molecule has 120 valence electrons. The molecule has 4 heteroatoms. The molecule has 2 aromatic rings. The van der Waals surface area contributed by atoms with Crippen molar-refractivity contribution in [3.05, 3.63) is 41.8 Å². The highest BCUT2D eigenvalue weighted by atomic mass is 19.1. The van der Waals surface area contributed by atoms with Gasteiger partial charge in [-0.25, -0.2) is 4.39 Å². The van der Waals surface area contributed by atoms with E-state index in [2.05, 4.69) is 10.3 Å². The van der Waals surface area contributed by atoms with Crippen LogP contribution in [0.3, 0.4) is 0 Å². The SMILES string of the molecule is O=C(NC(CC1CC1)CC1CC1)c1cnc2c(F)cccc2c1. The van der Waals surface area contributed by atoms with Crippen LogP contribution in [0.4, 0.5) is 4.39 Å². The number of rotatable bonds is 6. The Morgan fingerprint density at radius 2 is 1.91 bits per heavy atom. The maximum atomic E-state index is 13.7. The van der Waals surface area contributed by atoms with Crippen LogP contribution in [-0.4, -0.2) is 16.9 Å². The molecule has 0 aliphatic heterocycles. The largest absolute Gasteiger partial charge is 0.349 e. The molecule has 0 atom stereocenters. The summed E-state index contributed by atoms with van der Waals surface area (Å²) < 4.78 is 13.7. The van der Waals surface area contributed by atoms with E-state index < -0.39 is 0 Å². The van der Waals surface area contributed by atoms with Gasteiger partial charge in [-0.15, -0.1) is 0 Å². The molecule has 0 spiro atoms. The van der Waals surface area contributed by atoms with Gasteiger partial charge in [0.1, 0.15) is 11.3 Å². The second-order valence-electron chi connectivity index (χ2n) is 7.06. The lowest BCUT2D eigenvalue weighted by Crippen LogP contribution is -2.35. The molecule has 1 N–H and O–H groups in total. The molecule has 1 aromatic carbocycles. The normalized spacial score (nSPS) is 17.7. The van der Waals surface area contributed by atoms with Gasteiger partial charge in [-0.3, -0.25) is 9.78 Å². The fourth-order valence-corrected chi connectivity index (χ4v) is 3.24. The lowest BCUT2D eigenvalue weighted by atomic mass is 10.0. The predicted molar refractivity (Wildman–Crippen MR) is 87.6 cm³/mol. The fraction of sp³-hybridized carbons (Fsp3) is 0.474. The number of nitrogens with one attached hydrogen (secondary N) is 1. The third-order valence-electron chi connectivity index (χ3n) is 4.89. The summed E-state index contributed by atoms with van der Waals surface area (Å²) in [5.74, 6) is 1.15. The van der Waals surface area contributed by atoms with Crippen LogP contribution in [0, 0.1) is 17.7 Å². The molecule has 2 aliphatic rings. The highest BCUT2D eigenvalue weighted by molar-refractivity contribution is 5.97. The number of hydrogen-bond acceptors (Lipinski definition) is 2. The smallest absolute Gasteiger partial charge is 0.253 e. The maximum absolute atomic E-state index is 13.7. The number of carbonyl (C=O) groups is 1. The first kappa shape index (κ1) is 14.6. The van der Waals surface area contributed by atoms with Crippen LogP contribution in [-0.2, 0) is 0 Å². The quantitative estimate of drug-likeness (QED) is 0.873. The Morgan fingerprint density at radius 3 is 2.57 bits per heavy atom. The topological polar surface area (TPSA) is 42.0 Å². The molecule has 1 heterocycles. The van der Waals surface area contributed by atoms with Crippen LogP contribution in [0.1, 0.15) is 48.9 Å². The zero-order valence-corrected chi connectivity index (χ0v) is 13.1. The predicted octanol–water partition coefficient (Wildman–Crippen LogP) is 4.07. The molecule has 23 heavy (non-hydrogen) atoms. The number of benzene rings is 1. The Labute approximate surface area is 135 Å². The summed E-state index contributed by atoms with van der Waals surface area (Å²) in [6, 6.07) is 6.81. The first-order chi connectivity index (χ1) is 11.2. The number of amides is 1. The van der Waals surface area contributed by atoms with Gasteiger partial charge in [-0.1, -0.05) is 37.8 Å². The van der Waals surface area contributed by atoms with Crippen molar-refractivity contribution >= 4 is 16.8 Å². The molecular formula is C19H21FN2O.